The lowest BCUT2D eigenvalue weighted by atomic mass is 9.47. The first-order chi connectivity index (χ1) is 14.1. The first-order valence-corrected chi connectivity index (χ1v) is 13.2. The van der Waals surface area contributed by atoms with E-state index in [1.54, 1.807) is 0 Å². The SMILES string of the molecule is CCCCCCCCCCCCCCC12CC3CC(CC(C3)/C1=N\NC(N)=S)C2. The van der Waals surface area contributed by atoms with Crippen LogP contribution in [0, 0.1) is 23.2 Å². The van der Waals surface area contributed by atoms with Crippen LogP contribution in [0.3, 0.4) is 0 Å². The van der Waals surface area contributed by atoms with Gasteiger partial charge < -0.3 is 5.73 Å². The number of hydrogen-bond acceptors (Lipinski definition) is 2. The molecule has 2 unspecified atom stereocenters. The van der Waals surface area contributed by atoms with Gasteiger partial charge in [-0.05, 0) is 62.6 Å². The van der Waals surface area contributed by atoms with Gasteiger partial charge in [0.15, 0.2) is 5.11 Å². The van der Waals surface area contributed by atoms with Crippen molar-refractivity contribution in [1.82, 2.24) is 5.43 Å². The molecule has 2 atom stereocenters. The highest BCUT2D eigenvalue weighted by Gasteiger charge is 2.54. The number of rotatable bonds is 14. The predicted octanol–water partition coefficient (Wildman–Crippen LogP) is 7.09. The summed E-state index contributed by atoms with van der Waals surface area (Å²) >= 11 is 5.02. The summed E-state index contributed by atoms with van der Waals surface area (Å²) in [6, 6.07) is 0. The Bertz CT molecular complexity index is 530. The van der Waals surface area contributed by atoms with Crippen molar-refractivity contribution in [3.63, 3.8) is 0 Å². The van der Waals surface area contributed by atoms with Crippen LogP contribution in [0.5, 0.6) is 0 Å². The van der Waals surface area contributed by atoms with Gasteiger partial charge in [-0.15, -0.1) is 0 Å². The molecular weight excluding hydrogens is 374 g/mol. The molecule has 0 spiro atoms. The highest BCUT2D eigenvalue weighted by atomic mass is 32.1. The van der Waals surface area contributed by atoms with E-state index in [0.29, 0.717) is 16.4 Å². The largest absolute Gasteiger partial charge is 0.375 e. The third kappa shape index (κ3) is 6.67. The minimum Gasteiger partial charge on any atom is -0.375 e. The maximum Gasteiger partial charge on any atom is 0.184 e. The van der Waals surface area contributed by atoms with Gasteiger partial charge in [-0.2, -0.15) is 5.10 Å². The zero-order chi connectivity index (χ0) is 20.5. The highest BCUT2D eigenvalue weighted by Crippen LogP contribution is 2.60. The predicted molar refractivity (Wildman–Crippen MR) is 129 cm³/mol. The van der Waals surface area contributed by atoms with E-state index in [4.69, 9.17) is 23.1 Å². The second-order valence-electron chi connectivity index (χ2n) is 10.4. The van der Waals surface area contributed by atoms with Crippen molar-refractivity contribution in [1.29, 1.82) is 0 Å². The molecule has 166 valence electrons. The molecule has 4 rings (SSSR count). The number of nitrogens with two attached hydrogens (primary N) is 1. The Balaban J connectivity index is 1.33. The lowest BCUT2D eigenvalue weighted by molar-refractivity contribution is 0.0397. The van der Waals surface area contributed by atoms with Crippen LogP contribution in [-0.2, 0) is 0 Å². The fourth-order valence-electron chi connectivity index (χ4n) is 6.91. The summed E-state index contributed by atoms with van der Waals surface area (Å²) in [5.74, 6) is 2.60. The highest BCUT2D eigenvalue weighted by molar-refractivity contribution is 7.80. The Morgan fingerprint density at radius 1 is 0.897 bits per heavy atom. The summed E-state index contributed by atoms with van der Waals surface area (Å²) in [5.41, 5.74) is 10.4. The van der Waals surface area contributed by atoms with E-state index < -0.39 is 0 Å². The van der Waals surface area contributed by atoms with E-state index >= 15 is 0 Å². The third-order valence-electron chi connectivity index (χ3n) is 7.99. The maximum atomic E-state index is 5.67. The second kappa shape index (κ2) is 11.7. The molecule has 0 aromatic heterocycles. The summed E-state index contributed by atoms with van der Waals surface area (Å²) in [6.45, 7) is 2.29. The van der Waals surface area contributed by atoms with Gasteiger partial charge in [0.1, 0.15) is 0 Å². The zero-order valence-corrected chi connectivity index (χ0v) is 19.7. The van der Waals surface area contributed by atoms with Crippen LogP contribution in [0.15, 0.2) is 5.10 Å². The van der Waals surface area contributed by atoms with Gasteiger partial charge in [-0.3, -0.25) is 5.43 Å². The smallest absolute Gasteiger partial charge is 0.184 e. The topological polar surface area (TPSA) is 50.4 Å². The molecule has 0 aromatic carbocycles. The summed E-state index contributed by atoms with van der Waals surface area (Å²) in [5, 5.41) is 5.08. The van der Waals surface area contributed by atoms with Crippen molar-refractivity contribution in [2.45, 2.75) is 122 Å². The van der Waals surface area contributed by atoms with E-state index in [0.717, 1.165) is 11.8 Å². The van der Waals surface area contributed by atoms with Crippen molar-refractivity contribution in [2.75, 3.05) is 0 Å². The lowest BCUT2D eigenvalue weighted by Gasteiger charge is -2.57. The number of thiocarbonyl (C=S) groups is 1. The van der Waals surface area contributed by atoms with Crippen molar-refractivity contribution in [3.05, 3.63) is 0 Å². The monoisotopic (exact) mass is 419 g/mol. The fourth-order valence-corrected chi connectivity index (χ4v) is 6.96. The van der Waals surface area contributed by atoms with Crippen LogP contribution >= 0.6 is 12.2 Å². The molecule has 0 radical (unpaired) electrons. The standard InChI is InChI=1S/C25H45N3S/c1-2-3-4-5-6-7-8-9-10-11-12-13-14-25-18-20-15-21(19-25)17-22(16-20)23(25)27-28-24(26)29/h20-22H,2-19H2,1H3,(H3,26,28,29)/b27-23+. The minimum atomic E-state index is 0.312. The van der Waals surface area contributed by atoms with Crippen molar-refractivity contribution in [3.8, 4) is 0 Å². The van der Waals surface area contributed by atoms with Crippen molar-refractivity contribution in [2.24, 2.45) is 34.0 Å². The molecule has 4 fully saturated rings. The molecular formula is C25H45N3S. The van der Waals surface area contributed by atoms with Crippen molar-refractivity contribution < 1.29 is 0 Å². The Hall–Kier alpha value is -0.640. The fraction of sp³-hybridized carbons (Fsp3) is 0.920. The second-order valence-corrected chi connectivity index (χ2v) is 10.9. The van der Waals surface area contributed by atoms with E-state index in [-0.39, 0.29) is 0 Å². The van der Waals surface area contributed by atoms with Gasteiger partial charge in [-0.25, -0.2) is 0 Å². The van der Waals surface area contributed by atoms with E-state index in [1.807, 2.05) is 0 Å². The van der Waals surface area contributed by atoms with Crippen LogP contribution < -0.4 is 11.2 Å². The Kier molecular flexibility index (Phi) is 9.27. The number of unbranched alkanes of at least 4 members (excludes halogenated alkanes) is 11. The molecule has 29 heavy (non-hydrogen) atoms. The molecule has 4 heteroatoms. The van der Waals surface area contributed by atoms with Crippen LogP contribution in [-0.4, -0.2) is 10.8 Å². The molecule has 4 saturated carbocycles. The van der Waals surface area contributed by atoms with E-state index in [1.165, 1.54) is 121 Å². The quantitative estimate of drug-likeness (QED) is 0.179. The number of nitrogens with one attached hydrogen (secondary N) is 1. The third-order valence-corrected chi connectivity index (χ3v) is 8.08. The number of hydrazone groups is 1. The van der Waals surface area contributed by atoms with Crippen LogP contribution in [0.25, 0.3) is 0 Å². The maximum absolute atomic E-state index is 5.67. The summed E-state index contributed by atoms with van der Waals surface area (Å²) in [4.78, 5) is 0. The summed E-state index contributed by atoms with van der Waals surface area (Å²) < 4.78 is 0. The van der Waals surface area contributed by atoms with Gasteiger partial charge in [0.25, 0.3) is 0 Å². The van der Waals surface area contributed by atoms with Gasteiger partial charge >= 0.3 is 0 Å². The normalized spacial score (nSPS) is 31.5. The minimum absolute atomic E-state index is 0.312. The average Bonchev–Trinajstić information content (AvgIpc) is 2.67. The average molecular weight is 420 g/mol. The molecule has 4 aliphatic rings. The molecule has 3 N–H and O–H groups in total. The van der Waals surface area contributed by atoms with Gasteiger partial charge in [-0.1, -0.05) is 84.0 Å². The van der Waals surface area contributed by atoms with Crippen LogP contribution in [0.4, 0.5) is 0 Å². The molecule has 4 bridgehead atoms. The summed E-state index contributed by atoms with van der Waals surface area (Å²) in [7, 11) is 0. The molecule has 0 saturated heterocycles. The molecule has 0 heterocycles. The van der Waals surface area contributed by atoms with Gasteiger partial charge in [0.05, 0.1) is 0 Å². The Labute approximate surface area is 185 Å². The number of hydrogen-bond donors (Lipinski definition) is 2. The summed E-state index contributed by atoms with van der Waals surface area (Å²) in [6.07, 6.45) is 25.3. The molecule has 0 aliphatic heterocycles. The molecule has 0 amide bonds. The molecule has 4 aliphatic carbocycles. The van der Waals surface area contributed by atoms with Crippen LogP contribution in [0.2, 0.25) is 0 Å². The van der Waals surface area contributed by atoms with E-state index in [9.17, 15) is 0 Å². The van der Waals surface area contributed by atoms with Crippen molar-refractivity contribution >= 4 is 23.0 Å². The Morgan fingerprint density at radius 2 is 1.41 bits per heavy atom. The lowest BCUT2D eigenvalue weighted by Crippen LogP contribution is -2.54. The molecule has 0 aromatic rings. The van der Waals surface area contributed by atoms with Gasteiger partial charge in [0, 0.05) is 17.0 Å². The van der Waals surface area contributed by atoms with Crippen LogP contribution in [0.1, 0.15) is 122 Å². The van der Waals surface area contributed by atoms with Gasteiger partial charge in [0.2, 0.25) is 0 Å². The van der Waals surface area contributed by atoms with E-state index in [2.05, 4.69) is 12.3 Å². The number of nitrogens with zero attached hydrogens (tertiary/aromatic N) is 1. The zero-order valence-electron chi connectivity index (χ0n) is 18.9. The first-order valence-electron chi connectivity index (χ1n) is 12.8. The first kappa shape index (κ1) is 23.0. The molecule has 3 nitrogen and oxygen atoms in total. The Morgan fingerprint density at radius 3 is 1.93 bits per heavy atom.